The predicted molar refractivity (Wildman–Crippen MR) is 91.6 cm³/mol. The number of pyridine rings is 1. The number of rotatable bonds is 3. The molecule has 0 atom stereocenters. The van der Waals surface area contributed by atoms with Gasteiger partial charge in [0.15, 0.2) is 0 Å². The molecule has 2 aromatic carbocycles. The number of nitrogens with two attached hydrogens (primary N) is 2. The second-order valence-electron chi connectivity index (χ2n) is 5.10. The monoisotopic (exact) mass is 355 g/mol. The van der Waals surface area contributed by atoms with Gasteiger partial charge in [-0.05, 0) is 48.0 Å². The number of benzene rings is 2. The number of amides is 1. The molecule has 0 saturated carbocycles. The van der Waals surface area contributed by atoms with Gasteiger partial charge in [-0.1, -0.05) is 22.0 Å². The van der Waals surface area contributed by atoms with Crippen LogP contribution in [0, 0.1) is 0 Å². The van der Waals surface area contributed by atoms with Crippen LogP contribution in [-0.4, -0.2) is 10.9 Å². The lowest BCUT2D eigenvalue weighted by molar-refractivity contribution is 0.100. The smallest absolute Gasteiger partial charge is 0.248 e. The minimum atomic E-state index is -0.435. The minimum absolute atomic E-state index is 0.435. The predicted octanol–water partition coefficient (Wildman–Crippen LogP) is 3.27. The molecule has 1 amide bonds. The van der Waals surface area contributed by atoms with E-state index in [1.807, 2.05) is 36.4 Å². The largest absolute Gasteiger partial charge is 0.399 e. The Hall–Kier alpha value is -2.40. The molecule has 0 spiro atoms. The van der Waals surface area contributed by atoms with Crippen LogP contribution in [0.4, 0.5) is 5.69 Å². The maximum Gasteiger partial charge on any atom is 0.248 e. The first-order valence-electron chi connectivity index (χ1n) is 6.76. The lowest BCUT2D eigenvalue weighted by atomic mass is 10.1. The fourth-order valence-electron chi connectivity index (χ4n) is 2.34. The topological polar surface area (TPSA) is 82.0 Å². The van der Waals surface area contributed by atoms with Gasteiger partial charge in [-0.2, -0.15) is 0 Å². The van der Waals surface area contributed by atoms with E-state index in [9.17, 15) is 4.79 Å². The normalized spacial score (nSPS) is 10.8. The van der Waals surface area contributed by atoms with E-state index in [2.05, 4.69) is 20.9 Å². The van der Waals surface area contributed by atoms with Gasteiger partial charge in [0.2, 0.25) is 5.91 Å². The molecule has 4 nitrogen and oxygen atoms in total. The van der Waals surface area contributed by atoms with E-state index < -0.39 is 5.91 Å². The van der Waals surface area contributed by atoms with Gasteiger partial charge in [0.05, 0.1) is 5.52 Å². The van der Waals surface area contributed by atoms with Gasteiger partial charge in [-0.15, -0.1) is 0 Å². The van der Waals surface area contributed by atoms with Crippen molar-refractivity contribution >= 4 is 38.4 Å². The second kappa shape index (κ2) is 5.77. The summed E-state index contributed by atoms with van der Waals surface area (Å²) in [5, 5.41) is 0.895. The van der Waals surface area contributed by atoms with Crippen LogP contribution < -0.4 is 11.5 Å². The van der Waals surface area contributed by atoms with Gasteiger partial charge < -0.3 is 11.5 Å². The van der Waals surface area contributed by atoms with Crippen molar-refractivity contribution < 1.29 is 4.79 Å². The second-order valence-corrected chi connectivity index (χ2v) is 5.96. The fraction of sp³-hybridized carbons (Fsp3) is 0.0588. The van der Waals surface area contributed by atoms with Crippen molar-refractivity contribution in [3.05, 3.63) is 69.8 Å². The molecule has 4 N–H and O–H groups in total. The summed E-state index contributed by atoms with van der Waals surface area (Å²) in [6, 6.07) is 14.9. The van der Waals surface area contributed by atoms with Crippen LogP contribution in [0.5, 0.6) is 0 Å². The Morgan fingerprint density at radius 1 is 1.09 bits per heavy atom. The number of aromatic nitrogens is 1. The summed E-state index contributed by atoms with van der Waals surface area (Å²) in [6.45, 7) is 0. The summed E-state index contributed by atoms with van der Waals surface area (Å²) in [4.78, 5) is 15.8. The molecule has 1 heterocycles. The van der Waals surface area contributed by atoms with Gasteiger partial charge in [-0.25, -0.2) is 0 Å². The molecule has 0 aliphatic heterocycles. The molecule has 0 bridgehead atoms. The molecule has 0 radical (unpaired) electrons. The minimum Gasteiger partial charge on any atom is -0.399 e. The van der Waals surface area contributed by atoms with Crippen molar-refractivity contribution in [2.24, 2.45) is 5.73 Å². The zero-order chi connectivity index (χ0) is 15.7. The molecule has 3 aromatic rings. The van der Waals surface area contributed by atoms with Crippen LogP contribution in [0.1, 0.15) is 21.6 Å². The Morgan fingerprint density at radius 3 is 2.68 bits per heavy atom. The van der Waals surface area contributed by atoms with Gasteiger partial charge in [0, 0.05) is 33.2 Å². The van der Waals surface area contributed by atoms with Crippen LogP contribution in [0.15, 0.2) is 53.0 Å². The third kappa shape index (κ3) is 2.94. The molecule has 0 aliphatic carbocycles. The van der Waals surface area contributed by atoms with E-state index in [-0.39, 0.29) is 0 Å². The Bertz CT molecular complexity index is 877. The van der Waals surface area contributed by atoms with Gasteiger partial charge in [0.25, 0.3) is 0 Å². The molecule has 5 heteroatoms. The van der Waals surface area contributed by atoms with E-state index in [0.717, 1.165) is 32.3 Å². The Balaban J connectivity index is 1.97. The lowest BCUT2D eigenvalue weighted by Crippen LogP contribution is -2.10. The highest BCUT2D eigenvalue weighted by Crippen LogP contribution is 2.23. The summed E-state index contributed by atoms with van der Waals surface area (Å²) in [5.41, 5.74) is 15.2. The van der Waals surface area contributed by atoms with E-state index in [0.29, 0.717) is 12.0 Å². The number of carbonyl (C=O) groups is 1. The van der Waals surface area contributed by atoms with Gasteiger partial charge >= 0.3 is 0 Å². The van der Waals surface area contributed by atoms with E-state index in [1.54, 1.807) is 12.1 Å². The maximum absolute atomic E-state index is 11.2. The molecular weight excluding hydrogens is 342 g/mol. The van der Waals surface area contributed by atoms with Crippen molar-refractivity contribution in [1.82, 2.24) is 4.98 Å². The van der Waals surface area contributed by atoms with Gasteiger partial charge in [-0.3, -0.25) is 9.78 Å². The van der Waals surface area contributed by atoms with Gasteiger partial charge in [0.1, 0.15) is 0 Å². The van der Waals surface area contributed by atoms with E-state index in [4.69, 9.17) is 11.5 Å². The van der Waals surface area contributed by atoms with Crippen molar-refractivity contribution in [1.29, 1.82) is 0 Å². The summed E-state index contributed by atoms with van der Waals surface area (Å²) in [6.07, 6.45) is 0.680. The van der Waals surface area contributed by atoms with E-state index >= 15 is 0 Å². The molecule has 0 saturated heterocycles. The van der Waals surface area contributed by atoms with Crippen LogP contribution in [0.25, 0.3) is 10.9 Å². The molecule has 0 aliphatic rings. The number of hydrogen-bond donors (Lipinski definition) is 2. The third-order valence-corrected chi connectivity index (χ3v) is 4.25. The SMILES string of the molecule is NC(=O)c1ccc2nc(Cc3cc(N)ccc3Br)ccc2c1. The summed E-state index contributed by atoms with van der Waals surface area (Å²) in [5.74, 6) is -0.435. The Labute approximate surface area is 136 Å². The quantitative estimate of drug-likeness (QED) is 0.707. The Kier molecular flexibility index (Phi) is 3.81. The first-order chi connectivity index (χ1) is 10.5. The van der Waals surface area contributed by atoms with Crippen LogP contribution in [0.2, 0.25) is 0 Å². The maximum atomic E-state index is 11.2. The molecule has 110 valence electrons. The molecule has 0 fully saturated rings. The molecule has 22 heavy (non-hydrogen) atoms. The average Bonchev–Trinajstić information content (AvgIpc) is 2.50. The number of fused-ring (bicyclic) bond motifs is 1. The average molecular weight is 356 g/mol. The zero-order valence-electron chi connectivity index (χ0n) is 11.7. The molecule has 3 rings (SSSR count). The highest BCUT2D eigenvalue weighted by Gasteiger charge is 2.06. The van der Waals surface area contributed by atoms with Crippen molar-refractivity contribution in [3.63, 3.8) is 0 Å². The zero-order valence-corrected chi connectivity index (χ0v) is 13.3. The fourth-order valence-corrected chi connectivity index (χ4v) is 2.73. The summed E-state index contributed by atoms with van der Waals surface area (Å²) in [7, 11) is 0. The highest BCUT2D eigenvalue weighted by atomic mass is 79.9. The number of hydrogen-bond acceptors (Lipinski definition) is 3. The number of carbonyl (C=O) groups excluding carboxylic acids is 1. The standard InChI is InChI=1S/C17H14BrN3O/c18-15-5-3-13(19)8-12(15)9-14-4-1-10-7-11(17(20)22)2-6-16(10)21-14/h1-8H,9,19H2,(H2,20,22). The number of nitrogen functional groups attached to an aromatic ring is 1. The van der Waals surface area contributed by atoms with Crippen molar-refractivity contribution in [2.75, 3.05) is 5.73 Å². The number of primary amides is 1. The molecule has 0 unspecified atom stereocenters. The number of halogens is 1. The van der Waals surface area contributed by atoms with Crippen LogP contribution in [-0.2, 0) is 6.42 Å². The lowest BCUT2D eigenvalue weighted by Gasteiger charge is -2.07. The first-order valence-corrected chi connectivity index (χ1v) is 7.55. The van der Waals surface area contributed by atoms with E-state index in [1.165, 1.54) is 0 Å². The number of anilines is 1. The summed E-state index contributed by atoms with van der Waals surface area (Å²) >= 11 is 3.53. The van der Waals surface area contributed by atoms with Crippen molar-refractivity contribution in [2.45, 2.75) is 6.42 Å². The Morgan fingerprint density at radius 2 is 1.91 bits per heavy atom. The molecule has 1 aromatic heterocycles. The molecular formula is C17H14BrN3O. The first kappa shape index (κ1) is 14.5. The summed E-state index contributed by atoms with van der Waals surface area (Å²) < 4.78 is 1.01. The van der Waals surface area contributed by atoms with Crippen LogP contribution >= 0.6 is 15.9 Å². The highest BCUT2D eigenvalue weighted by molar-refractivity contribution is 9.10. The number of nitrogens with zero attached hydrogens (tertiary/aromatic N) is 1. The third-order valence-electron chi connectivity index (χ3n) is 3.47. The van der Waals surface area contributed by atoms with Crippen LogP contribution in [0.3, 0.4) is 0 Å². The van der Waals surface area contributed by atoms with Crippen molar-refractivity contribution in [3.8, 4) is 0 Å².